The van der Waals surface area contributed by atoms with E-state index < -0.39 is 24.5 Å². The molecule has 0 aromatic heterocycles. The Morgan fingerprint density at radius 3 is 2.68 bits per heavy atom. The van der Waals surface area contributed by atoms with Gasteiger partial charge in [-0.1, -0.05) is 18.2 Å². The second-order valence-corrected chi connectivity index (χ2v) is 5.39. The van der Waals surface area contributed by atoms with Crippen molar-refractivity contribution in [2.75, 3.05) is 18.5 Å². The number of anilines is 1. The summed E-state index contributed by atoms with van der Waals surface area (Å²) in [7, 11) is 0. The topological polar surface area (TPSA) is 56.7 Å². The van der Waals surface area contributed by atoms with E-state index in [2.05, 4.69) is 15.6 Å². The number of halogens is 4. The fraction of sp³-hybridized carbons (Fsp3) is 0.471. The molecule has 0 bridgehead atoms. The average molecular weight is 361 g/mol. The predicted molar refractivity (Wildman–Crippen MR) is 91.1 cm³/mol. The first-order valence-corrected chi connectivity index (χ1v) is 7.92. The van der Waals surface area contributed by atoms with Crippen molar-refractivity contribution in [2.24, 2.45) is 4.99 Å². The number of hydrogen-bond acceptors (Lipinski definition) is 3. The molecule has 8 heteroatoms. The van der Waals surface area contributed by atoms with Gasteiger partial charge in [0, 0.05) is 24.4 Å². The van der Waals surface area contributed by atoms with Crippen LogP contribution < -0.4 is 10.6 Å². The molecule has 0 radical (unpaired) electrons. The summed E-state index contributed by atoms with van der Waals surface area (Å²) in [6, 6.07) is 3.87. The van der Waals surface area contributed by atoms with Gasteiger partial charge in [-0.25, -0.2) is 4.39 Å². The molecule has 1 aromatic rings. The zero-order chi connectivity index (χ0) is 18.9. The summed E-state index contributed by atoms with van der Waals surface area (Å²) in [5.41, 5.74) is 0.971. The van der Waals surface area contributed by atoms with Crippen molar-refractivity contribution in [1.82, 2.24) is 5.32 Å². The van der Waals surface area contributed by atoms with Gasteiger partial charge in [0.2, 0.25) is 0 Å². The lowest BCUT2D eigenvalue weighted by molar-refractivity contribution is -0.125. The third-order valence-corrected chi connectivity index (χ3v) is 3.36. The van der Waals surface area contributed by atoms with E-state index in [0.717, 1.165) is 6.08 Å². The Morgan fingerprint density at radius 2 is 2.08 bits per heavy atom. The number of aliphatic hydroxyl groups is 1. The zero-order valence-electron chi connectivity index (χ0n) is 14.2. The van der Waals surface area contributed by atoms with Gasteiger partial charge in [0.05, 0.1) is 24.5 Å². The monoisotopic (exact) mass is 361 g/mol. The van der Waals surface area contributed by atoms with Gasteiger partial charge in [-0.2, -0.15) is 13.2 Å². The number of nitrogens with zero attached hydrogens (tertiary/aromatic N) is 1. The van der Waals surface area contributed by atoms with E-state index in [1.165, 1.54) is 25.4 Å². The minimum atomic E-state index is -4.29. The predicted octanol–water partition coefficient (Wildman–Crippen LogP) is 4.16. The van der Waals surface area contributed by atoms with Crippen LogP contribution in [-0.4, -0.2) is 30.8 Å². The van der Waals surface area contributed by atoms with Crippen LogP contribution >= 0.6 is 0 Å². The van der Waals surface area contributed by atoms with E-state index in [9.17, 15) is 22.7 Å². The van der Waals surface area contributed by atoms with Gasteiger partial charge < -0.3 is 15.7 Å². The van der Waals surface area contributed by atoms with Crippen LogP contribution in [0.15, 0.2) is 35.0 Å². The summed E-state index contributed by atoms with van der Waals surface area (Å²) < 4.78 is 51.1. The number of nitrogens with one attached hydrogen (secondary N) is 2. The maximum atomic E-state index is 14.1. The van der Waals surface area contributed by atoms with Crippen LogP contribution in [0.2, 0.25) is 0 Å². The van der Waals surface area contributed by atoms with Gasteiger partial charge in [0.1, 0.15) is 5.82 Å². The molecule has 0 aliphatic heterocycles. The average Bonchev–Trinajstić information content (AvgIpc) is 2.53. The Bertz CT molecular complexity index is 600. The first-order valence-electron chi connectivity index (χ1n) is 7.92. The van der Waals surface area contributed by atoms with E-state index in [4.69, 9.17) is 0 Å². The highest BCUT2D eigenvalue weighted by Gasteiger charge is 2.25. The number of aliphatic imine (C=N–C) groups is 1. The molecule has 0 spiro atoms. The van der Waals surface area contributed by atoms with Crippen LogP contribution in [0.4, 0.5) is 23.2 Å². The van der Waals surface area contributed by atoms with Crippen LogP contribution in [0.5, 0.6) is 0 Å². The lowest BCUT2D eigenvalue weighted by atomic mass is 10.0. The Balaban J connectivity index is 3.05. The molecule has 0 fully saturated rings. The molecule has 0 amide bonds. The number of para-hydroxylation sites is 1. The third-order valence-electron chi connectivity index (χ3n) is 3.36. The smallest absolute Gasteiger partial charge is 0.392 e. The fourth-order valence-electron chi connectivity index (χ4n) is 2.22. The van der Waals surface area contributed by atoms with E-state index >= 15 is 0 Å². The third kappa shape index (κ3) is 7.55. The minimum absolute atomic E-state index is 0.175. The van der Waals surface area contributed by atoms with Gasteiger partial charge in [0.25, 0.3) is 0 Å². The molecule has 1 unspecified atom stereocenters. The number of rotatable bonds is 9. The molecule has 140 valence electrons. The van der Waals surface area contributed by atoms with Crippen molar-refractivity contribution in [3.05, 3.63) is 41.4 Å². The molecule has 1 rings (SSSR count). The van der Waals surface area contributed by atoms with Crippen molar-refractivity contribution in [1.29, 1.82) is 0 Å². The van der Waals surface area contributed by atoms with Crippen LogP contribution in [0, 0.1) is 5.82 Å². The summed E-state index contributed by atoms with van der Waals surface area (Å²) >= 11 is 0. The highest BCUT2D eigenvalue weighted by molar-refractivity contribution is 5.77. The van der Waals surface area contributed by atoms with Crippen molar-refractivity contribution in [2.45, 2.75) is 38.9 Å². The lowest BCUT2D eigenvalue weighted by Crippen LogP contribution is -2.23. The first kappa shape index (κ1) is 21.0. The fourth-order valence-corrected chi connectivity index (χ4v) is 2.22. The molecule has 0 aliphatic rings. The van der Waals surface area contributed by atoms with E-state index in [-0.39, 0.29) is 18.7 Å². The van der Waals surface area contributed by atoms with E-state index in [0.29, 0.717) is 17.8 Å². The largest absolute Gasteiger partial charge is 0.396 e. The summed E-state index contributed by atoms with van der Waals surface area (Å²) in [6.45, 7) is 3.64. The number of alkyl halides is 3. The van der Waals surface area contributed by atoms with Gasteiger partial charge in [0.15, 0.2) is 0 Å². The summed E-state index contributed by atoms with van der Waals surface area (Å²) in [6.07, 6.45) is -2.76. The Morgan fingerprint density at radius 1 is 1.36 bits per heavy atom. The van der Waals surface area contributed by atoms with Crippen molar-refractivity contribution in [3.8, 4) is 0 Å². The maximum absolute atomic E-state index is 14.1. The first-order chi connectivity index (χ1) is 11.8. The van der Waals surface area contributed by atoms with Crippen LogP contribution in [-0.2, 0) is 0 Å². The Hall–Kier alpha value is -2.09. The van der Waals surface area contributed by atoms with Crippen LogP contribution in [0.1, 0.15) is 38.3 Å². The van der Waals surface area contributed by atoms with Gasteiger partial charge in [-0.3, -0.25) is 4.99 Å². The number of benzene rings is 1. The molecular weight excluding hydrogens is 338 g/mol. The van der Waals surface area contributed by atoms with Crippen molar-refractivity contribution in [3.63, 3.8) is 0 Å². The van der Waals surface area contributed by atoms with Gasteiger partial charge in [-0.05, 0) is 26.3 Å². The quantitative estimate of drug-likeness (QED) is 0.352. The van der Waals surface area contributed by atoms with Gasteiger partial charge >= 0.3 is 6.18 Å². The lowest BCUT2D eigenvalue weighted by Gasteiger charge is -2.23. The molecule has 25 heavy (non-hydrogen) atoms. The number of aliphatic hydroxyl groups excluding tert-OH is 1. The van der Waals surface area contributed by atoms with Crippen LogP contribution in [0.3, 0.4) is 0 Å². The van der Waals surface area contributed by atoms with Crippen molar-refractivity contribution >= 4 is 12.0 Å². The second kappa shape index (κ2) is 10.0. The molecule has 0 saturated heterocycles. The SMILES string of the molecule is CCN=CNc1c(F)cccc1C(CCO)N/C(C)=C/CC(F)(F)F. The van der Waals surface area contributed by atoms with Gasteiger partial charge in [-0.15, -0.1) is 0 Å². The number of allylic oxidation sites excluding steroid dienone is 2. The molecule has 4 nitrogen and oxygen atoms in total. The zero-order valence-corrected chi connectivity index (χ0v) is 14.2. The van der Waals surface area contributed by atoms with E-state index in [1.807, 2.05) is 6.92 Å². The second-order valence-electron chi connectivity index (χ2n) is 5.39. The summed E-state index contributed by atoms with van der Waals surface area (Å²) in [5, 5.41) is 14.9. The molecule has 1 atom stereocenters. The van der Waals surface area contributed by atoms with E-state index in [1.54, 1.807) is 6.07 Å². The summed E-state index contributed by atoms with van der Waals surface area (Å²) in [4.78, 5) is 3.96. The summed E-state index contributed by atoms with van der Waals surface area (Å²) in [5.74, 6) is -0.512. The molecular formula is C17H23F4N3O. The standard InChI is InChI=1S/C17H23F4N3O/c1-3-22-11-23-16-13(5-4-6-14(16)18)15(8-10-25)24-12(2)7-9-17(19,20)21/h4-7,11,15,24-25H,3,8-10H2,1-2H3,(H,22,23)/b12-7+. The highest BCUT2D eigenvalue weighted by Crippen LogP contribution is 2.29. The Labute approximate surface area is 144 Å². The normalized spacial score (nSPS) is 14.0. The maximum Gasteiger partial charge on any atom is 0.392 e. The molecule has 3 N–H and O–H groups in total. The molecule has 0 saturated carbocycles. The van der Waals surface area contributed by atoms with Crippen LogP contribution in [0.25, 0.3) is 0 Å². The van der Waals surface area contributed by atoms with Crippen molar-refractivity contribution < 1.29 is 22.7 Å². The minimum Gasteiger partial charge on any atom is -0.396 e. The molecule has 1 aromatic carbocycles. The Kier molecular flexibility index (Phi) is 8.40. The molecule has 0 aliphatic carbocycles. The highest BCUT2D eigenvalue weighted by atomic mass is 19.4. The molecule has 0 heterocycles. The number of hydrogen-bond donors (Lipinski definition) is 3.